The van der Waals surface area contributed by atoms with E-state index in [1.165, 1.54) is 0 Å². The molecule has 0 atom stereocenters. The third kappa shape index (κ3) is 5.52. The molecule has 0 fully saturated rings. The van der Waals surface area contributed by atoms with Gasteiger partial charge in [-0.1, -0.05) is 13.0 Å². The lowest BCUT2D eigenvalue weighted by Gasteiger charge is -2.11. The van der Waals surface area contributed by atoms with Gasteiger partial charge in [0.1, 0.15) is 0 Å². The van der Waals surface area contributed by atoms with Crippen LogP contribution in [0, 0.1) is 0 Å². The molecular formula is C14H21N3O2. The molecule has 19 heavy (non-hydrogen) atoms. The Bertz CT molecular complexity index is 444. The van der Waals surface area contributed by atoms with Crippen LogP contribution in [0.3, 0.4) is 0 Å². The average Bonchev–Trinajstić information content (AvgIpc) is 2.35. The molecule has 5 heteroatoms. The summed E-state index contributed by atoms with van der Waals surface area (Å²) >= 11 is 0. The number of carbonyl (C=O) groups excluding carboxylic acids is 2. The fraction of sp³-hybridized carbons (Fsp3) is 0.429. The molecule has 0 unspecified atom stereocenters. The van der Waals surface area contributed by atoms with Crippen molar-refractivity contribution in [1.82, 2.24) is 10.2 Å². The fourth-order valence-electron chi connectivity index (χ4n) is 1.57. The van der Waals surface area contributed by atoms with Crippen LogP contribution in [0.4, 0.5) is 5.69 Å². The Kier molecular flexibility index (Phi) is 6.02. The van der Waals surface area contributed by atoms with E-state index in [1.807, 2.05) is 21.0 Å². The number of nitrogens with one attached hydrogen (secondary N) is 2. The maximum Gasteiger partial charge on any atom is 0.251 e. The molecule has 0 aliphatic carbocycles. The predicted molar refractivity (Wildman–Crippen MR) is 76.2 cm³/mol. The molecule has 0 aliphatic heterocycles. The second kappa shape index (κ2) is 7.53. The first-order chi connectivity index (χ1) is 9.02. The zero-order valence-electron chi connectivity index (χ0n) is 11.7. The van der Waals surface area contributed by atoms with Gasteiger partial charge in [-0.3, -0.25) is 9.59 Å². The largest absolute Gasteiger partial charge is 0.352 e. The van der Waals surface area contributed by atoms with Gasteiger partial charge in [0, 0.05) is 17.8 Å². The fourth-order valence-corrected chi connectivity index (χ4v) is 1.57. The number of rotatable bonds is 6. The van der Waals surface area contributed by atoms with Crippen molar-refractivity contribution in [3.63, 3.8) is 0 Å². The molecule has 0 aromatic heterocycles. The summed E-state index contributed by atoms with van der Waals surface area (Å²) in [5.41, 5.74) is 1.19. The molecule has 2 amide bonds. The number of hydrogen-bond donors (Lipinski definition) is 2. The highest BCUT2D eigenvalue weighted by molar-refractivity contribution is 5.97. The summed E-state index contributed by atoms with van der Waals surface area (Å²) in [5.74, 6) is -0.221. The minimum Gasteiger partial charge on any atom is -0.352 e. The second-order valence-electron chi connectivity index (χ2n) is 4.62. The highest BCUT2D eigenvalue weighted by Crippen LogP contribution is 2.10. The predicted octanol–water partition coefficient (Wildman–Crippen LogP) is 1.33. The van der Waals surface area contributed by atoms with E-state index in [9.17, 15) is 9.59 Å². The minimum atomic E-state index is -0.120. The highest BCUT2D eigenvalue weighted by atomic mass is 16.2. The number of carbonyl (C=O) groups is 2. The minimum absolute atomic E-state index is 0.101. The third-order valence-electron chi connectivity index (χ3n) is 2.40. The van der Waals surface area contributed by atoms with Gasteiger partial charge in [0.15, 0.2) is 0 Å². The lowest BCUT2D eigenvalue weighted by Crippen LogP contribution is -2.27. The van der Waals surface area contributed by atoms with Crippen LogP contribution in [0.1, 0.15) is 23.7 Å². The van der Waals surface area contributed by atoms with Gasteiger partial charge in [-0.05, 0) is 38.7 Å². The summed E-state index contributed by atoms with van der Waals surface area (Å²) < 4.78 is 0. The molecule has 0 spiro atoms. The summed E-state index contributed by atoms with van der Waals surface area (Å²) in [6, 6.07) is 6.93. The summed E-state index contributed by atoms with van der Waals surface area (Å²) in [5, 5.41) is 5.57. The monoisotopic (exact) mass is 263 g/mol. The van der Waals surface area contributed by atoms with E-state index in [0.717, 1.165) is 6.42 Å². The topological polar surface area (TPSA) is 61.4 Å². The van der Waals surface area contributed by atoms with Crippen molar-refractivity contribution in [2.45, 2.75) is 13.3 Å². The van der Waals surface area contributed by atoms with Gasteiger partial charge in [0.05, 0.1) is 6.54 Å². The number of anilines is 1. The van der Waals surface area contributed by atoms with E-state index in [1.54, 1.807) is 29.2 Å². The van der Waals surface area contributed by atoms with Gasteiger partial charge < -0.3 is 15.5 Å². The summed E-state index contributed by atoms with van der Waals surface area (Å²) in [6.45, 7) is 2.96. The molecule has 0 aliphatic rings. The van der Waals surface area contributed by atoms with Crippen molar-refractivity contribution < 1.29 is 9.59 Å². The Labute approximate surface area is 114 Å². The van der Waals surface area contributed by atoms with Crippen molar-refractivity contribution in [3.05, 3.63) is 29.8 Å². The smallest absolute Gasteiger partial charge is 0.251 e. The van der Waals surface area contributed by atoms with Crippen LogP contribution in [-0.4, -0.2) is 43.9 Å². The van der Waals surface area contributed by atoms with Crippen LogP contribution < -0.4 is 10.6 Å². The Balaban J connectivity index is 2.66. The zero-order chi connectivity index (χ0) is 14.3. The van der Waals surface area contributed by atoms with Crippen LogP contribution in [0.5, 0.6) is 0 Å². The first-order valence-corrected chi connectivity index (χ1v) is 6.35. The zero-order valence-corrected chi connectivity index (χ0v) is 11.7. The van der Waals surface area contributed by atoms with E-state index < -0.39 is 0 Å². The maximum absolute atomic E-state index is 11.8. The van der Waals surface area contributed by atoms with Gasteiger partial charge in [-0.2, -0.15) is 0 Å². The van der Waals surface area contributed by atoms with Crippen LogP contribution in [0.2, 0.25) is 0 Å². The second-order valence-corrected chi connectivity index (χ2v) is 4.62. The first-order valence-electron chi connectivity index (χ1n) is 6.35. The molecular weight excluding hydrogens is 242 g/mol. The molecule has 5 nitrogen and oxygen atoms in total. The van der Waals surface area contributed by atoms with Crippen LogP contribution in [0.15, 0.2) is 24.3 Å². The van der Waals surface area contributed by atoms with E-state index >= 15 is 0 Å². The summed E-state index contributed by atoms with van der Waals surface area (Å²) in [6.07, 6.45) is 0.894. The van der Waals surface area contributed by atoms with Gasteiger partial charge in [-0.25, -0.2) is 0 Å². The van der Waals surface area contributed by atoms with Crippen molar-refractivity contribution >= 4 is 17.5 Å². The molecule has 0 heterocycles. The third-order valence-corrected chi connectivity index (χ3v) is 2.40. The highest BCUT2D eigenvalue weighted by Gasteiger charge is 2.07. The van der Waals surface area contributed by atoms with Crippen molar-refractivity contribution in [1.29, 1.82) is 0 Å². The van der Waals surface area contributed by atoms with Gasteiger partial charge in [-0.15, -0.1) is 0 Å². The van der Waals surface area contributed by atoms with Crippen molar-refractivity contribution in [2.75, 3.05) is 32.5 Å². The Morgan fingerprint density at radius 3 is 2.63 bits per heavy atom. The molecule has 0 saturated carbocycles. The molecule has 1 rings (SSSR count). The molecule has 1 aromatic rings. The van der Waals surface area contributed by atoms with E-state index in [2.05, 4.69) is 10.6 Å². The van der Waals surface area contributed by atoms with Crippen molar-refractivity contribution in [3.8, 4) is 0 Å². The average molecular weight is 263 g/mol. The quantitative estimate of drug-likeness (QED) is 0.814. The number of likely N-dealkylation sites (N-methyl/N-ethyl adjacent to an activating group) is 1. The Hall–Kier alpha value is -1.88. The normalized spacial score (nSPS) is 10.3. The maximum atomic E-state index is 11.8. The molecule has 2 N–H and O–H groups in total. The number of amides is 2. The van der Waals surface area contributed by atoms with E-state index in [-0.39, 0.29) is 11.8 Å². The van der Waals surface area contributed by atoms with Crippen molar-refractivity contribution in [2.24, 2.45) is 0 Å². The number of nitrogens with zero attached hydrogens (tertiary/aromatic N) is 1. The van der Waals surface area contributed by atoms with Gasteiger partial charge in [0.2, 0.25) is 5.91 Å². The lowest BCUT2D eigenvalue weighted by atomic mass is 10.2. The standard InChI is InChI=1S/C14H21N3O2/c1-4-8-15-14(19)11-6-5-7-12(9-11)16-13(18)10-17(2)3/h5-7,9H,4,8,10H2,1-3H3,(H,15,19)(H,16,18). The van der Waals surface area contributed by atoms with Crippen LogP contribution in [0.25, 0.3) is 0 Å². The SMILES string of the molecule is CCCNC(=O)c1cccc(NC(=O)CN(C)C)c1. The first kappa shape index (κ1) is 15.2. The Morgan fingerprint density at radius 1 is 1.26 bits per heavy atom. The summed E-state index contributed by atoms with van der Waals surface area (Å²) in [7, 11) is 3.66. The lowest BCUT2D eigenvalue weighted by molar-refractivity contribution is -0.116. The Morgan fingerprint density at radius 2 is 2.00 bits per heavy atom. The van der Waals surface area contributed by atoms with E-state index in [0.29, 0.717) is 24.3 Å². The van der Waals surface area contributed by atoms with Crippen LogP contribution in [-0.2, 0) is 4.79 Å². The summed E-state index contributed by atoms with van der Waals surface area (Å²) in [4.78, 5) is 25.2. The van der Waals surface area contributed by atoms with Crippen LogP contribution >= 0.6 is 0 Å². The van der Waals surface area contributed by atoms with E-state index in [4.69, 9.17) is 0 Å². The number of benzene rings is 1. The van der Waals surface area contributed by atoms with Gasteiger partial charge in [0.25, 0.3) is 5.91 Å². The number of hydrogen-bond acceptors (Lipinski definition) is 3. The van der Waals surface area contributed by atoms with Gasteiger partial charge >= 0.3 is 0 Å². The molecule has 104 valence electrons. The molecule has 0 saturated heterocycles. The molecule has 1 aromatic carbocycles. The molecule has 0 bridgehead atoms. The molecule has 0 radical (unpaired) electrons.